The Hall–Kier alpha value is -0.120. The number of hydrogen-bond acceptors (Lipinski definition) is 3. The Balaban J connectivity index is 1.95. The Kier molecular flexibility index (Phi) is 4.35. The second-order valence-electron chi connectivity index (χ2n) is 7.34. The Morgan fingerprint density at radius 2 is 2.06 bits per heavy atom. The highest BCUT2D eigenvalue weighted by Crippen LogP contribution is 2.39. The molecule has 1 aliphatic carbocycles. The number of hydrogen-bond donors (Lipinski definition) is 2. The van der Waals surface area contributed by atoms with Gasteiger partial charge in [0.2, 0.25) is 0 Å². The highest BCUT2D eigenvalue weighted by molar-refractivity contribution is 4.92. The molecular weight excluding hydrogens is 224 g/mol. The predicted octanol–water partition coefficient (Wildman–Crippen LogP) is 1.84. The van der Waals surface area contributed by atoms with Crippen molar-refractivity contribution in [3.8, 4) is 0 Å². The van der Waals surface area contributed by atoms with Gasteiger partial charge in [-0.1, -0.05) is 20.8 Å². The lowest BCUT2D eigenvalue weighted by Crippen LogP contribution is -2.47. The van der Waals surface area contributed by atoms with Gasteiger partial charge in [0.25, 0.3) is 0 Å². The summed E-state index contributed by atoms with van der Waals surface area (Å²) in [7, 11) is 0. The molecule has 18 heavy (non-hydrogen) atoms. The van der Waals surface area contributed by atoms with E-state index in [1.54, 1.807) is 0 Å². The van der Waals surface area contributed by atoms with Crippen LogP contribution in [0, 0.1) is 17.3 Å². The van der Waals surface area contributed by atoms with Gasteiger partial charge in [-0.05, 0) is 49.5 Å². The van der Waals surface area contributed by atoms with Gasteiger partial charge in [0, 0.05) is 18.6 Å². The normalized spacial score (nSPS) is 41.2. The first-order valence-corrected chi connectivity index (χ1v) is 7.53. The van der Waals surface area contributed by atoms with Crippen LogP contribution in [0.2, 0.25) is 0 Å². The zero-order valence-electron chi connectivity index (χ0n) is 12.2. The van der Waals surface area contributed by atoms with Gasteiger partial charge in [-0.3, -0.25) is 4.90 Å². The molecule has 0 radical (unpaired) electrons. The molecule has 1 aliphatic heterocycles. The van der Waals surface area contributed by atoms with Crippen molar-refractivity contribution in [3.05, 3.63) is 0 Å². The molecule has 3 heteroatoms. The molecule has 1 saturated heterocycles. The molecule has 2 rings (SSSR count). The molecular formula is C15H30N2O. The van der Waals surface area contributed by atoms with Crippen molar-refractivity contribution in [2.75, 3.05) is 19.7 Å². The summed E-state index contributed by atoms with van der Waals surface area (Å²) in [6.45, 7) is 9.50. The smallest absolute Gasteiger partial charge is 0.0589 e. The number of aliphatic hydroxyl groups excluding tert-OH is 1. The third-order valence-corrected chi connectivity index (χ3v) is 5.23. The zero-order valence-corrected chi connectivity index (χ0v) is 12.2. The molecule has 0 aromatic carbocycles. The molecule has 4 unspecified atom stereocenters. The average Bonchev–Trinajstić information content (AvgIpc) is 2.64. The first-order valence-electron chi connectivity index (χ1n) is 7.53. The minimum Gasteiger partial charge on any atom is -0.395 e. The van der Waals surface area contributed by atoms with Crippen LogP contribution in [0.5, 0.6) is 0 Å². The molecule has 0 bridgehead atoms. The van der Waals surface area contributed by atoms with Gasteiger partial charge >= 0.3 is 0 Å². The maximum Gasteiger partial charge on any atom is 0.0589 e. The molecule has 2 fully saturated rings. The quantitative estimate of drug-likeness (QED) is 0.808. The lowest BCUT2D eigenvalue weighted by atomic mass is 9.70. The Morgan fingerprint density at radius 1 is 1.33 bits per heavy atom. The van der Waals surface area contributed by atoms with E-state index in [9.17, 15) is 5.11 Å². The summed E-state index contributed by atoms with van der Waals surface area (Å²) < 4.78 is 0. The molecule has 1 saturated carbocycles. The SMILES string of the molecule is CC1CCN(CC2CC(C)(C)CCC2N)C1CO. The van der Waals surface area contributed by atoms with E-state index in [-0.39, 0.29) is 0 Å². The van der Waals surface area contributed by atoms with Crippen LogP contribution in [-0.4, -0.2) is 41.8 Å². The van der Waals surface area contributed by atoms with Crippen molar-refractivity contribution in [3.63, 3.8) is 0 Å². The maximum absolute atomic E-state index is 9.53. The second kappa shape index (κ2) is 5.48. The first-order chi connectivity index (χ1) is 8.43. The summed E-state index contributed by atoms with van der Waals surface area (Å²) in [6, 6.07) is 0.718. The van der Waals surface area contributed by atoms with E-state index < -0.39 is 0 Å². The predicted molar refractivity (Wildman–Crippen MR) is 75.3 cm³/mol. The van der Waals surface area contributed by atoms with Crippen molar-refractivity contribution in [1.82, 2.24) is 4.90 Å². The molecule has 0 spiro atoms. The zero-order chi connectivity index (χ0) is 13.3. The van der Waals surface area contributed by atoms with Crippen LogP contribution in [0.4, 0.5) is 0 Å². The molecule has 1 heterocycles. The van der Waals surface area contributed by atoms with Crippen LogP contribution in [-0.2, 0) is 0 Å². The third kappa shape index (κ3) is 3.06. The van der Waals surface area contributed by atoms with Gasteiger partial charge in [-0.15, -0.1) is 0 Å². The largest absolute Gasteiger partial charge is 0.395 e. The number of aliphatic hydroxyl groups is 1. The van der Waals surface area contributed by atoms with Crippen molar-refractivity contribution >= 4 is 0 Å². The third-order valence-electron chi connectivity index (χ3n) is 5.23. The number of rotatable bonds is 3. The van der Waals surface area contributed by atoms with Crippen LogP contribution in [0.15, 0.2) is 0 Å². The van der Waals surface area contributed by atoms with Gasteiger partial charge in [0.1, 0.15) is 0 Å². The first kappa shape index (κ1) is 14.3. The van der Waals surface area contributed by atoms with E-state index in [0.717, 1.165) is 19.5 Å². The fourth-order valence-electron chi connectivity index (χ4n) is 3.87. The molecule has 0 aromatic rings. The molecule has 3 N–H and O–H groups in total. The fraction of sp³-hybridized carbons (Fsp3) is 1.00. The van der Waals surface area contributed by atoms with E-state index in [2.05, 4.69) is 25.7 Å². The van der Waals surface area contributed by atoms with Gasteiger partial charge in [-0.2, -0.15) is 0 Å². The molecule has 3 nitrogen and oxygen atoms in total. The number of nitrogens with zero attached hydrogens (tertiary/aromatic N) is 1. The van der Waals surface area contributed by atoms with E-state index in [1.807, 2.05) is 0 Å². The van der Waals surface area contributed by atoms with Crippen LogP contribution >= 0.6 is 0 Å². The number of nitrogens with two attached hydrogens (primary N) is 1. The lowest BCUT2D eigenvalue weighted by molar-refractivity contribution is 0.0823. The van der Waals surface area contributed by atoms with Crippen LogP contribution in [0.25, 0.3) is 0 Å². The molecule has 0 amide bonds. The van der Waals surface area contributed by atoms with Gasteiger partial charge in [0.15, 0.2) is 0 Å². The van der Waals surface area contributed by atoms with E-state index in [4.69, 9.17) is 5.73 Å². The van der Waals surface area contributed by atoms with Crippen molar-refractivity contribution in [2.24, 2.45) is 23.0 Å². The summed E-state index contributed by atoms with van der Waals surface area (Å²) >= 11 is 0. The molecule has 106 valence electrons. The van der Waals surface area contributed by atoms with Crippen LogP contribution in [0.1, 0.15) is 46.5 Å². The molecule has 4 atom stereocenters. The Morgan fingerprint density at radius 3 is 2.72 bits per heavy atom. The van der Waals surface area contributed by atoms with E-state index >= 15 is 0 Å². The minimum absolute atomic E-state index is 0.298. The van der Waals surface area contributed by atoms with Crippen LogP contribution < -0.4 is 5.73 Å². The standard InChI is InChI=1S/C15H30N2O/c1-11-5-7-17(14(11)10-18)9-12-8-15(2,3)6-4-13(12)16/h11-14,18H,4-10,16H2,1-3H3. The fourth-order valence-corrected chi connectivity index (χ4v) is 3.87. The minimum atomic E-state index is 0.298. The molecule has 2 aliphatic rings. The maximum atomic E-state index is 9.53. The van der Waals surface area contributed by atoms with Gasteiger partial charge < -0.3 is 10.8 Å². The summed E-state index contributed by atoms with van der Waals surface area (Å²) in [5, 5.41) is 9.53. The summed E-state index contributed by atoms with van der Waals surface area (Å²) in [6.07, 6.45) is 4.86. The summed E-state index contributed by atoms with van der Waals surface area (Å²) in [5.41, 5.74) is 6.76. The Bertz CT molecular complexity index is 280. The van der Waals surface area contributed by atoms with Gasteiger partial charge in [-0.25, -0.2) is 0 Å². The second-order valence-corrected chi connectivity index (χ2v) is 7.34. The highest BCUT2D eigenvalue weighted by atomic mass is 16.3. The van der Waals surface area contributed by atoms with E-state index in [1.165, 1.54) is 19.3 Å². The lowest BCUT2D eigenvalue weighted by Gasteiger charge is -2.41. The topological polar surface area (TPSA) is 49.5 Å². The highest BCUT2D eigenvalue weighted by Gasteiger charge is 2.37. The Labute approximate surface area is 112 Å². The average molecular weight is 254 g/mol. The van der Waals surface area contributed by atoms with Crippen molar-refractivity contribution in [1.29, 1.82) is 0 Å². The van der Waals surface area contributed by atoms with Crippen molar-refractivity contribution < 1.29 is 5.11 Å². The number of likely N-dealkylation sites (tertiary alicyclic amines) is 1. The summed E-state index contributed by atoms with van der Waals surface area (Å²) in [4.78, 5) is 2.48. The summed E-state index contributed by atoms with van der Waals surface area (Å²) in [5.74, 6) is 1.23. The van der Waals surface area contributed by atoms with Gasteiger partial charge in [0.05, 0.1) is 6.61 Å². The van der Waals surface area contributed by atoms with Crippen molar-refractivity contribution in [2.45, 2.75) is 58.5 Å². The molecule has 0 aromatic heterocycles. The van der Waals surface area contributed by atoms with Crippen LogP contribution in [0.3, 0.4) is 0 Å². The monoisotopic (exact) mass is 254 g/mol. The van der Waals surface area contributed by atoms with E-state index in [0.29, 0.717) is 35.9 Å².